The van der Waals surface area contributed by atoms with Crippen LogP contribution in [0.5, 0.6) is 0 Å². The highest BCUT2D eigenvalue weighted by Crippen LogP contribution is 2.16. The van der Waals surface area contributed by atoms with Crippen LogP contribution >= 0.6 is 15.9 Å². The average molecular weight is 313 g/mol. The molecule has 1 unspecified atom stereocenters. The highest BCUT2D eigenvalue weighted by Gasteiger charge is 2.22. The van der Waals surface area contributed by atoms with E-state index in [1.807, 2.05) is 0 Å². The summed E-state index contributed by atoms with van der Waals surface area (Å²) < 4.78 is 6.73. The summed E-state index contributed by atoms with van der Waals surface area (Å²) in [6.45, 7) is 7.85. The summed E-state index contributed by atoms with van der Waals surface area (Å²) >= 11 is 3.53. The van der Waals surface area contributed by atoms with E-state index in [-0.39, 0.29) is 0 Å². The predicted molar refractivity (Wildman–Crippen MR) is 77.7 cm³/mol. The largest absolute Gasteiger partial charge is 0.378 e. The van der Waals surface area contributed by atoms with Crippen LogP contribution in [0, 0.1) is 0 Å². The predicted octanol–water partition coefficient (Wildman–Crippen LogP) is 2.26. The summed E-state index contributed by atoms with van der Waals surface area (Å²) in [4.78, 5) is 2.51. The van der Waals surface area contributed by atoms with Gasteiger partial charge >= 0.3 is 0 Å². The van der Waals surface area contributed by atoms with Gasteiger partial charge in [-0.1, -0.05) is 35.0 Å². The lowest BCUT2D eigenvalue weighted by Crippen LogP contribution is -2.49. The minimum atomic E-state index is 0.484. The fraction of sp³-hybridized carbons (Fsp3) is 0.571. The van der Waals surface area contributed by atoms with Crippen LogP contribution in [0.2, 0.25) is 0 Å². The first-order valence-corrected chi connectivity index (χ1v) is 7.36. The Morgan fingerprint density at radius 1 is 1.50 bits per heavy atom. The van der Waals surface area contributed by atoms with Crippen molar-refractivity contribution < 1.29 is 4.74 Å². The first-order chi connectivity index (χ1) is 8.79. The third-order valence-corrected chi connectivity index (χ3v) is 3.75. The van der Waals surface area contributed by atoms with Gasteiger partial charge in [0.05, 0.1) is 13.2 Å². The lowest BCUT2D eigenvalue weighted by Gasteiger charge is -2.35. The average Bonchev–Trinajstić information content (AvgIpc) is 2.38. The van der Waals surface area contributed by atoms with E-state index >= 15 is 0 Å². The van der Waals surface area contributed by atoms with Crippen molar-refractivity contribution in [2.75, 3.05) is 32.8 Å². The maximum atomic E-state index is 5.58. The van der Waals surface area contributed by atoms with E-state index in [0.29, 0.717) is 6.04 Å². The molecule has 1 saturated heterocycles. The SMILES string of the molecule is CCNCC1COCCN1Cc1cccc(Br)c1. The van der Waals surface area contributed by atoms with Gasteiger partial charge in [-0.3, -0.25) is 4.90 Å². The maximum Gasteiger partial charge on any atom is 0.0635 e. The van der Waals surface area contributed by atoms with Gasteiger partial charge in [0.15, 0.2) is 0 Å². The molecule has 0 aliphatic carbocycles. The number of nitrogens with zero attached hydrogens (tertiary/aromatic N) is 1. The third-order valence-electron chi connectivity index (χ3n) is 3.25. The van der Waals surface area contributed by atoms with Crippen LogP contribution in [0.15, 0.2) is 28.7 Å². The Kier molecular flexibility index (Phi) is 5.63. The number of benzene rings is 1. The third kappa shape index (κ3) is 4.05. The lowest BCUT2D eigenvalue weighted by atomic mass is 10.1. The molecule has 1 N–H and O–H groups in total. The molecule has 18 heavy (non-hydrogen) atoms. The summed E-state index contributed by atoms with van der Waals surface area (Å²) in [6.07, 6.45) is 0. The standard InChI is InChI=1S/C14H21BrN2O/c1-2-16-9-14-11-18-7-6-17(14)10-12-4-3-5-13(15)8-12/h3-5,8,14,16H,2,6-7,9-11H2,1H3. The fourth-order valence-corrected chi connectivity index (χ4v) is 2.71. The van der Waals surface area contributed by atoms with Crippen LogP contribution in [0.25, 0.3) is 0 Å². The summed E-state index contributed by atoms with van der Waals surface area (Å²) in [7, 11) is 0. The van der Waals surface area contributed by atoms with Crippen molar-refractivity contribution in [2.24, 2.45) is 0 Å². The van der Waals surface area contributed by atoms with E-state index in [1.165, 1.54) is 5.56 Å². The summed E-state index contributed by atoms with van der Waals surface area (Å²) in [5.74, 6) is 0. The van der Waals surface area contributed by atoms with E-state index in [0.717, 1.165) is 43.9 Å². The van der Waals surface area contributed by atoms with Crippen molar-refractivity contribution in [3.8, 4) is 0 Å². The molecule has 0 amide bonds. The van der Waals surface area contributed by atoms with Gasteiger partial charge in [0, 0.05) is 30.1 Å². The Bertz CT molecular complexity index is 373. The van der Waals surface area contributed by atoms with Gasteiger partial charge in [-0.2, -0.15) is 0 Å². The Morgan fingerprint density at radius 2 is 2.39 bits per heavy atom. The monoisotopic (exact) mass is 312 g/mol. The summed E-state index contributed by atoms with van der Waals surface area (Å²) in [5.41, 5.74) is 1.35. The number of rotatable bonds is 5. The van der Waals surface area contributed by atoms with Gasteiger partial charge in [0.25, 0.3) is 0 Å². The molecule has 100 valence electrons. The van der Waals surface area contributed by atoms with Gasteiger partial charge in [-0.15, -0.1) is 0 Å². The van der Waals surface area contributed by atoms with Crippen molar-refractivity contribution in [3.63, 3.8) is 0 Å². The van der Waals surface area contributed by atoms with E-state index in [4.69, 9.17) is 4.74 Å². The van der Waals surface area contributed by atoms with Crippen molar-refractivity contribution in [1.82, 2.24) is 10.2 Å². The number of nitrogens with one attached hydrogen (secondary N) is 1. The molecular weight excluding hydrogens is 292 g/mol. The van der Waals surface area contributed by atoms with Gasteiger partial charge in [-0.25, -0.2) is 0 Å². The molecule has 1 aliphatic heterocycles. The van der Waals surface area contributed by atoms with E-state index < -0.39 is 0 Å². The van der Waals surface area contributed by atoms with E-state index in [1.54, 1.807) is 0 Å². The fourth-order valence-electron chi connectivity index (χ4n) is 2.27. The molecule has 1 aromatic rings. The maximum absolute atomic E-state index is 5.58. The number of likely N-dealkylation sites (N-methyl/N-ethyl adjacent to an activating group) is 1. The minimum Gasteiger partial charge on any atom is -0.378 e. The smallest absolute Gasteiger partial charge is 0.0635 e. The van der Waals surface area contributed by atoms with Gasteiger partial charge in [-0.05, 0) is 24.2 Å². The minimum absolute atomic E-state index is 0.484. The number of halogens is 1. The molecule has 1 heterocycles. The van der Waals surface area contributed by atoms with Crippen molar-refractivity contribution >= 4 is 15.9 Å². The Balaban J connectivity index is 1.96. The highest BCUT2D eigenvalue weighted by atomic mass is 79.9. The van der Waals surface area contributed by atoms with Gasteiger partial charge < -0.3 is 10.1 Å². The van der Waals surface area contributed by atoms with Crippen molar-refractivity contribution in [3.05, 3.63) is 34.3 Å². The topological polar surface area (TPSA) is 24.5 Å². The molecule has 0 bridgehead atoms. The molecule has 0 radical (unpaired) electrons. The highest BCUT2D eigenvalue weighted by molar-refractivity contribution is 9.10. The molecule has 1 fully saturated rings. The second-order valence-electron chi connectivity index (χ2n) is 4.64. The number of hydrogen-bond acceptors (Lipinski definition) is 3. The summed E-state index contributed by atoms with van der Waals surface area (Å²) in [6, 6.07) is 9.03. The van der Waals surface area contributed by atoms with Crippen LogP contribution in [-0.4, -0.2) is 43.8 Å². The lowest BCUT2D eigenvalue weighted by molar-refractivity contribution is -0.0107. The number of hydrogen-bond donors (Lipinski definition) is 1. The zero-order chi connectivity index (χ0) is 12.8. The van der Waals surface area contributed by atoms with E-state index in [2.05, 4.69) is 57.3 Å². The molecule has 4 heteroatoms. The Labute approximate surface area is 118 Å². The van der Waals surface area contributed by atoms with Crippen LogP contribution in [-0.2, 0) is 11.3 Å². The molecule has 1 atom stereocenters. The second-order valence-corrected chi connectivity index (χ2v) is 5.55. The number of morpholine rings is 1. The molecule has 2 rings (SSSR count). The first kappa shape index (κ1) is 14.0. The molecule has 1 aromatic carbocycles. The molecule has 1 aliphatic rings. The van der Waals surface area contributed by atoms with Gasteiger partial charge in [0.1, 0.15) is 0 Å². The summed E-state index contributed by atoms with van der Waals surface area (Å²) in [5, 5.41) is 3.41. The molecular formula is C14H21BrN2O. The van der Waals surface area contributed by atoms with Crippen LogP contribution in [0.1, 0.15) is 12.5 Å². The van der Waals surface area contributed by atoms with Crippen LogP contribution in [0.4, 0.5) is 0 Å². The Hall–Kier alpha value is -0.420. The molecule has 3 nitrogen and oxygen atoms in total. The quantitative estimate of drug-likeness (QED) is 0.902. The van der Waals surface area contributed by atoms with Crippen LogP contribution in [0.3, 0.4) is 0 Å². The van der Waals surface area contributed by atoms with Crippen molar-refractivity contribution in [1.29, 1.82) is 0 Å². The second kappa shape index (κ2) is 7.24. The molecule has 0 spiro atoms. The number of ether oxygens (including phenoxy) is 1. The molecule has 0 saturated carbocycles. The zero-order valence-corrected chi connectivity index (χ0v) is 12.4. The Morgan fingerprint density at radius 3 is 3.17 bits per heavy atom. The first-order valence-electron chi connectivity index (χ1n) is 6.56. The van der Waals surface area contributed by atoms with Crippen molar-refractivity contribution in [2.45, 2.75) is 19.5 Å². The normalized spacial score (nSPS) is 21.1. The van der Waals surface area contributed by atoms with Gasteiger partial charge in [0.2, 0.25) is 0 Å². The van der Waals surface area contributed by atoms with Crippen LogP contribution < -0.4 is 5.32 Å². The molecule has 0 aromatic heterocycles. The zero-order valence-electron chi connectivity index (χ0n) is 10.9. The van der Waals surface area contributed by atoms with E-state index in [9.17, 15) is 0 Å².